The lowest BCUT2D eigenvalue weighted by molar-refractivity contribution is 0.0977. The maximum Gasteiger partial charge on any atom is 0.285 e. The first-order chi connectivity index (χ1) is 17.3. The molecule has 2 N–H and O–H groups in total. The third kappa shape index (κ3) is 5.23. The third-order valence-electron chi connectivity index (χ3n) is 6.06. The summed E-state index contributed by atoms with van der Waals surface area (Å²) in [6.45, 7) is 7.32. The topological polar surface area (TPSA) is 136 Å². The normalized spacial score (nSPS) is 12.5. The van der Waals surface area contributed by atoms with Crippen LogP contribution in [0.2, 0.25) is 5.15 Å². The first-order valence-electron chi connectivity index (χ1n) is 11.3. The van der Waals surface area contributed by atoms with Crippen molar-refractivity contribution in [3.05, 3.63) is 73.9 Å². The highest BCUT2D eigenvalue weighted by molar-refractivity contribution is 7.89. The van der Waals surface area contributed by atoms with Crippen molar-refractivity contribution in [1.82, 2.24) is 19.5 Å². The lowest BCUT2D eigenvalue weighted by Crippen LogP contribution is -2.31. The van der Waals surface area contributed by atoms with E-state index in [0.29, 0.717) is 33.4 Å². The second kappa shape index (κ2) is 9.64. The number of anilines is 1. The molecule has 4 rings (SSSR count). The number of carbonyl (C=O) groups is 1. The maximum atomic E-state index is 13.4. The van der Waals surface area contributed by atoms with Gasteiger partial charge in [0.25, 0.3) is 5.91 Å². The Morgan fingerprint density at radius 2 is 1.89 bits per heavy atom. The molecule has 0 bridgehead atoms. The number of aromatic nitrogens is 3. The van der Waals surface area contributed by atoms with E-state index in [1.165, 1.54) is 12.1 Å². The zero-order valence-electron chi connectivity index (χ0n) is 21.1. The summed E-state index contributed by atoms with van der Waals surface area (Å²) in [5.41, 5.74) is 3.85. The molecule has 0 unspecified atom stereocenters. The largest absolute Gasteiger partial charge is 0.455 e. The Labute approximate surface area is 218 Å². The van der Waals surface area contributed by atoms with Crippen LogP contribution in [0.25, 0.3) is 22.3 Å². The molecule has 10 nitrogen and oxygen atoms in total. The fourth-order valence-corrected chi connectivity index (χ4v) is 4.70. The zero-order valence-corrected chi connectivity index (χ0v) is 22.7. The van der Waals surface area contributed by atoms with Gasteiger partial charge in [-0.25, -0.2) is 18.1 Å². The summed E-state index contributed by atoms with van der Waals surface area (Å²) in [5.74, 6) is -0.493. The van der Waals surface area contributed by atoms with Crippen LogP contribution in [-0.4, -0.2) is 35.3 Å². The van der Waals surface area contributed by atoms with E-state index < -0.39 is 22.0 Å². The Morgan fingerprint density at radius 3 is 2.51 bits per heavy atom. The average Bonchev–Trinajstić information content (AvgIpc) is 3.14. The van der Waals surface area contributed by atoms with Crippen molar-refractivity contribution in [2.45, 2.75) is 33.7 Å². The molecule has 3 aromatic heterocycles. The highest BCUT2D eigenvalue weighted by Crippen LogP contribution is 2.33. The predicted octanol–water partition coefficient (Wildman–Crippen LogP) is 4.03. The highest BCUT2D eigenvalue weighted by atomic mass is 35.5. The molecular weight excluding hydrogens is 518 g/mol. The Balaban J connectivity index is 1.85. The molecule has 0 aliphatic rings. The molecule has 1 atom stereocenters. The molecule has 37 heavy (non-hydrogen) atoms. The van der Waals surface area contributed by atoms with Gasteiger partial charge in [-0.15, -0.1) is 0 Å². The summed E-state index contributed by atoms with van der Waals surface area (Å²) in [6, 6.07) is 6.20. The molecule has 1 aromatic carbocycles. The summed E-state index contributed by atoms with van der Waals surface area (Å²) in [4.78, 5) is 30.0. The molecule has 0 spiro atoms. The Morgan fingerprint density at radius 1 is 1.19 bits per heavy atom. The van der Waals surface area contributed by atoms with Gasteiger partial charge in [-0.3, -0.25) is 14.3 Å². The van der Waals surface area contributed by atoms with Crippen LogP contribution in [-0.2, 0) is 17.1 Å². The number of aryl methyl sites for hydroxylation is 2. The van der Waals surface area contributed by atoms with Crippen molar-refractivity contribution in [1.29, 1.82) is 0 Å². The van der Waals surface area contributed by atoms with Crippen LogP contribution in [0.5, 0.6) is 0 Å². The lowest BCUT2D eigenvalue weighted by Gasteiger charge is -2.20. The van der Waals surface area contributed by atoms with Gasteiger partial charge in [-0.1, -0.05) is 17.7 Å². The van der Waals surface area contributed by atoms with E-state index in [1.54, 1.807) is 23.9 Å². The number of amides is 1. The molecule has 0 aliphatic heterocycles. The van der Waals surface area contributed by atoms with Gasteiger partial charge in [0.1, 0.15) is 16.5 Å². The molecule has 194 valence electrons. The zero-order chi connectivity index (χ0) is 27.2. The molecule has 0 aliphatic carbocycles. The molecule has 0 fully saturated rings. The lowest BCUT2D eigenvalue weighted by atomic mass is 9.99. The fourth-order valence-electron chi connectivity index (χ4n) is 4.12. The van der Waals surface area contributed by atoms with Crippen LogP contribution in [0.3, 0.4) is 0 Å². The number of nitrogens with zero attached hydrogens (tertiary/aromatic N) is 3. The summed E-state index contributed by atoms with van der Waals surface area (Å²) in [7, 11) is -2.01. The smallest absolute Gasteiger partial charge is 0.285 e. The minimum absolute atomic E-state index is 0.0239. The quantitative estimate of drug-likeness (QED) is 0.348. The number of carbonyl (C=O) groups excluding carboxylic acids is 1. The third-order valence-corrected chi connectivity index (χ3v) is 6.83. The number of pyridine rings is 1. The number of benzene rings is 1. The minimum atomic E-state index is -3.82. The van der Waals surface area contributed by atoms with E-state index >= 15 is 0 Å². The van der Waals surface area contributed by atoms with Gasteiger partial charge >= 0.3 is 0 Å². The number of hydrogen-bond acceptors (Lipinski definition) is 8. The SMILES string of the molecule is Cc1cc([C@@H](C)Nc2ccc(Cl)nc2C(=O)NS(C)(=O)=O)c2oc(-c3cnn(C)c3C)c(C)c(=O)c2c1. The van der Waals surface area contributed by atoms with Gasteiger partial charge in [0.05, 0.1) is 35.1 Å². The second-order valence-electron chi connectivity index (χ2n) is 8.98. The molecule has 4 aromatic rings. The molecule has 0 radical (unpaired) electrons. The number of nitrogens with one attached hydrogen (secondary N) is 2. The highest BCUT2D eigenvalue weighted by Gasteiger charge is 2.23. The van der Waals surface area contributed by atoms with Crippen LogP contribution < -0.4 is 15.5 Å². The number of sulfonamides is 1. The molecule has 1 amide bonds. The second-order valence-corrected chi connectivity index (χ2v) is 11.1. The van der Waals surface area contributed by atoms with Crippen LogP contribution in [0, 0.1) is 20.8 Å². The molecule has 3 heterocycles. The van der Waals surface area contributed by atoms with E-state index in [0.717, 1.165) is 17.5 Å². The summed E-state index contributed by atoms with van der Waals surface area (Å²) >= 11 is 5.98. The van der Waals surface area contributed by atoms with Gasteiger partial charge in [0.15, 0.2) is 11.1 Å². The van der Waals surface area contributed by atoms with Crippen molar-refractivity contribution < 1.29 is 17.6 Å². The first-order valence-corrected chi connectivity index (χ1v) is 13.6. The van der Waals surface area contributed by atoms with E-state index in [2.05, 4.69) is 15.4 Å². The molecular formula is C25H26ClN5O5S. The van der Waals surface area contributed by atoms with Gasteiger partial charge in [0.2, 0.25) is 10.0 Å². The monoisotopic (exact) mass is 543 g/mol. The Hall–Kier alpha value is -3.70. The summed E-state index contributed by atoms with van der Waals surface area (Å²) in [6.07, 6.45) is 2.53. The Kier molecular flexibility index (Phi) is 6.87. The summed E-state index contributed by atoms with van der Waals surface area (Å²) in [5, 5.41) is 7.92. The fraction of sp³-hybridized carbons (Fsp3) is 0.280. The van der Waals surface area contributed by atoms with Gasteiger partial charge < -0.3 is 9.73 Å². The first kappa shape index (κ1) is 26.4. The Bertz CT molecular complexity index is 1730. The van der Waals surface area contributed by atoms with E-state index in [1.807, 2.05) is 38.6 Å². The number of hydrogen-bond donors (Lipinski definition) is 2. The van der Waals surface area contributed by atoms with E-state index in [4.69, 9.17) is 16.0 Å². The van der Waals surface area contributed by atoms with Gasteiger partial charge in [-0.2, -0.15) is 5.10 Å². The van der Waals surface area contributed by atoms with Crippen LogP contribution in [0.15, 0.2) is 39.7 Å². The average molecular weight is 544 g/mol. The molecule has 0 saturated carbocycles. The van der Waals surface area contributed by atoms with E-state index in [-0.39, 0.29) is 22.0 Å². The standard InChI is InChI=1S/C25H26ClN5O5S/c1-12-9-16(14(3)28-19-7-8-20(26)29-21(19)25(33)30-37(6,34)35)24-17(10-12)22(32)13(2)23(36-24)18-11-27-31(5)15(18)4/h7-11,14,28H,1-6H3,(H,30,33)/t14-/m1/s1. The van der Waals surface area contributed by atoms with Crippen molar-refractivity contribution in [3.8, 4) is 11.3 Å². The summed E-state index contributed by atoms with van der Waals surface area (Å²) < 4.78 is 33.2. The predicted molar refractivity (Wildman–Crippen MR) is 142 cm³/mol. The number of fused-ring (bicyclic) bond motifs is 1. The minimum Gasteiger partial charge on any atom is -0.455 e. The van der Waals surface area contributed by atoms with E-state index in [9.17, 15) is 18.0 Å². The molecule has 0 saturated heterocycles. The maximum absolute atomic E-state index is 13.4. The number of halogens is 1. The van der Waals surface area contributed by atoms with Crippen LogP contribution in [0.1, 0.15) is 45.8 Å². The van der Waals surface area contributed by atoms with Crippen molar-refractivity contribution in [2.24, 2.45) is 7.05 Å². The van der Waals surface area contributed by atoms with Crippen LogP contribution in [0.4, 0.5) is 5.69 Å². The van der Waals surface area contributed by atoms with Gasteiger partial charge in [-0.05, 0) is 51.5 Å². The van der Waals surface area contributed by atoms with Crippen molar-refractivity contribution >= 4 is 44.2 Å². The van der Waals surface area contributed by atoms with Crippen molar-refractivity contribution in [2.75, 3.05) is 11.6 Å². The molecule has 12 heteroatoms. The van der Waals surface area contributed by atoms with Crippen LogP contribution >= 0.6 is 11.6 Å². The number of rotatable bonds is 6. The van der Waals surface area contributed by atoms with Gasteiger partial charge in [0, 0.05) is 23.9 Å². The van der Waals surface area contributed by atoms with Crippen molar-refractivity contribution in [3.63, 3.8) is 0 Å².